The highest BCUT2D eigenvalue weighted by Crippen LogP contribution is 2.20. The Hall–Kier alpha value is -1.36. The fourth-order valence-electron chi connectivity index (χ4n) is 2.15. The first-order valence-corrected chi connectivity index (χ1v) is 5.62. The Labute approximate surface area is 94.0 Å². The molecule has 1 amide bonds. The topological polar surface area (TPSA) is 66.6 Å². The zero-order valence-electron chi connectivity index (χ0n) is 9.13. The minimum Gasteiger partial charge on any atom is -0.396 e. The van der Waals surface area contributed by atoms with E-state index < -0.39 is 0 Å². The van der Waals surface area contributed by atoms with E-state index in [0.717, 1.165) is 25.8 Å². The number of hydrogen-bond donors (Lipinski definition) is 1. The highest BCUT2D eigenvalue weighted by molar-refractivity contribution is 5.92. The van der Waals surface area contributed by atoms with Gasteiger partial charge in [-0.05, 0) is 25.2 Å². The molecular formula is C11H16N2O3. The van der Waals surface area contributed by atoms with Gasteiger partial charge in [-0.3, -0.25) is 4.79 Å². The number of amides is 1. The number of hydrogen-bond acceptors (Lipinski definition) is 4. The lowest BCUT2D eigenvalue weighted by Crippen LogP contribution is -2.40. The summed E-state index contributed by atoms with van der Waals surface area (Å²) in [7, 11) is 0. The van der Waals surface area contributed by atoms with Crippen LogP contribution in [0.5, 0.6) is 0 Å². The van der Waals surface area contributed by atoms with E-state index in [2.05, 4.69) is 9.68 Å². The molecule has 1 aliphatic heterocycles. The van der Waals surface area contributed by atoms with Crippen LogP contribution in [0.4, 0.5) is 0 Å². The van der Waals surface area contributed by atoms with Crippen molar-refractivity contribution in [3.8, 4) is 0 Å². The molecule has 1 aromatic heterocycles. The van der Waals surface area contributed by atoms with E-state index in [-0.39, 0.29) is 12.5 Å². The average Bonchev–Trinajstić information content (AvgIpc) is 2.82. The highest BCUT2D eigenvalue weighted by Gasteiger charge is 2.25. The van der Waals surface area contributed by atoms with Crippen LogP contribution < -0.4 is 0 Å². The van der Waals surface area contributed by atoms with Crippen molar-refractivity contribution >= 4 is 5.91 Å². The summed E-state index contributed by atoms with van der Waals surface area (Å²) in [4.78, 5) is 13.7. The van der Waals surface area contributed by atoms with Crippen LogP contribution in [0.1, 0.15) is 29.8 Å². The normalized spacial score (nSPS) is 21.1. The largest absolute Gasteiger partial charge is 0.396 e. The summed E-state index contributed by atoms with van der Waals surface area (Å²) >= 11 is 0. The first-order chi connectivity index (χ1) is 7.81. The summed E-state index contributed by atoms with van der Waals surface area (Å²) in [5.41, 5.74) is 0.365. The lowest BCUT2D eigenvalue weighted by Gasteiger charge is -2.31. The molecule has 1 aliphatic rings. The van der Waals surface area contributed by atoms with Gasteiger partial charge in [0.25, 0.3) is 5.91 Å². The summed E-state index contributed by atoms with van der Waals surface area (Å²) in [6.45, 7) is 1.68. The third-order valence-electron chi connectivity index (χ3n) is 3.00. The van der Waals surface area contributed by atoms with Crippen molar-refractivity contribution in [3.05, 3.63) is 18.0 Å². The first-order valence-electron chi connectivity index (χ1n) is 5.62. The maximum absolute atomic E-state index is 12.0. The molecule has 0 aliphatic carbocycles. The van der Waals surface area contributed by atoms with E-state index >= 15 is 0 Å². The number of aromatic nitrogens is 1. The van der Waals surface area contributed by atoms with Crippen LogP contribution in [0.15, 0.2) is 16.9 Å². The summed E-state index contributed by atoms with van der Waals surface area (Å²) in [5.74, 6) is 0.339. The van der Waals surface area contributed by atoms with Crippen LogP contribution in [0.2, 0.25) is 0 Å². The molecule has 1 atom stereocenters. The van der Waals surface area contributed by atoms with Crippen molar-refractivity contribution in [1.29, 1.82) is 0 Å². The zero-order chi connectivity index (χ0) is 11.4. The van der Waals surface area contributed by atoms with Crippen LogP contribution in [0.3, 0.4) is 0 Å². The Balaban J connectivity index is 1.96. The van der Waals surface area contributed by atoms with Gasteiger partial charge < -0.3 is 14.5 Å². The molecule has 1 fully saturated rings. The van der Waals surface area contributed by atoms with E-state index in [1.807, 2.05) is 0 Å². The number of nitrogens with zero attached hydrogens (tertiary/aromatic N) is 2. The average molecular weight is 224 g/mol. The van der Waals surface area contributed by atoms with Crippen molar-refractivity contribution in [2.24, 2.45) is 5.92 Å². The molecule has 1 saturated heterocycles. The molecule has 88 valence electrons. The van der Waals surface area contributed by atoms with Gasteiger partial charge in [0.05, 0.1) is 0 Å². The number of piperidine rings is 1. The second kappa shape index (κ2) is 5.12. The Morgan fingerprint density at radius 2 is 2.56 bits per heavy atom. The predicted molar refractivity (Wildman–Crippen MR) is 56.8 cm³/mol. The van der Waals surface area contributed by atoms with Crippen molar-refractivity contribution < 1.29 is 14.4 Å². The maximum atomic E-state index is 12.0. The number of carbonyl (C=O) groups is 1. The Bertz CT molecular complexity index is 335. The smallest absolute Gasteiger partial charge is 0.276 e. The Kier molecular flexibility index (Phi) is 3.56. The predicted octanol–water partition coefficient (Wildman–Crippen LogP) is 0.909. The van der Waals surface area contributed by atoms with Gasteiger partial charge in [0, 0.05) is 25.8 Å². The number of rotatable bonds is 3. The number of aliphatic hydroxyl groups excluding tert-OH is 1. The number of likely N-dealkylation sites (tertiary alicyclic amines) is 1. The van der Waals surface area contributed by atoms with E-state index in [1.165, 1.54) is 6.26 Å². The lowest BCUT2D eigenvalue weighted by atomic mass is 9.95. The third-order valence-corrected chi connectivity index (χ3v) is 3.00. The van der Waals surface area contributed by atoms with Gasteiger partial charge in [-0.15, -0.1) is 0 Å². The summed E-state index contributed by atoms with van der Waals surface area (Å²) in [6, 6.07) is 1.58. The fraction of sp³-hybridized carbons (Fsp3) is 0.636. The molecule has 0 bridgehead atoms. The van der Waals surface area contributed by atoms with Crippen LogP contribution in [0.25, 0.3) is 0 Å². The SMILES string of the molecule is O=C(c1ccon1)N1CCCC(CCO)C1. The Morgan fingerprint density at radius 1 is 1.69 bits per heavy atom. The third kappa shape index (κ3) is 2.41. The molecular weight excluding hydrogens is 208 g/mol. The second-order valence-corrected chi connectivity index (χ2v) is 4.16. The van der Waals surface area contributed by atoms with Crippen LogP contribution >= 0.6 is 0 Å². The molecule has 2 rings (SSSR count). The summed E-state index contributed by atoms with van der Waals surface area (Å²) in [6.07, 6.45) is 4.25. The van der Waals surface area contributed by atoms with Gasteiger partial charge >= 0.3 is 0 Å². The molecule has 0 aromatic carbocycles. The minimum absolute atomic E-state index is 0.0728. The number of carbonyl (C=O) groups excluding carboxylic acids is 1. The van der Waals surface area contributed by atoms with E-state index in [9.17, 15) is 4.79 Å². The molecule has 2 heterocycles. The van der Waals surface area contributed by atoms with Crippen molar-refractivity contribution in [2.45, 2.75) is 19.3 Å². The second-order valence-electron chi connectivity index (χ2n) is 4.16. The molecule has 16 heavy (non-hydrogen) atoms. The van der Waals surface area contributed by atoms with Gasteiger partial charge in [0.15, 0.2) is 5.69 Å². The van der Waals surface area contributed by atoms with Crippen molar-refractivity contribution in [2.75, 3.05) is 19.7 Å². The first kappa shape index (κ1) is 11.1. The molecule has 5 heteroatoms. The molecule has 0 spiro atoms. The fourth-order valence-corrected chi connectivity index (χ4v) is 2.15. The maximum Gasteiger partial charge on any atom is 0.276 e. The quantitative estimate of drug-likeness (QED) is 0.828. The zero-order valence-corrected chi connectivity index (χ0v) is 9.13. The van der Waals surface area contributed by atoms with Crippen LogP contribution in [0, 0.1) is 5.92 Å². The molecule has 1 N–H and O–H groups in total. The van der Waals surface area contributed by atoms with Crippen molar-refractivity contribution in [3.63, 3.8) is 0 Å². The van der Waals surface area contributed by atoms with Crippen LogP contribution in [-0.2, 0) is 0 Å². The van der Waals surface area contributed by atoms with Crippen LogP contribution in [-0.4, -0.2) is 40.8 Å². The molecule has 1 unspecified atom stereocenters. The molecule has 1 aromatic rings. The van der Waals surface area contributed by atoms with E-state index in [0.29, 0.717) is 18.2 Å². The van der Waals surface area contributed by atoms with Gasteiger partial charge in [0.2, 0.25) is 0 Å². The highest BCUT2D eigenvalue weighted by atomic mass is 16.5. The molecule has 5 nitrogen and oxygen atoms in total. The monoisotopic (exact) mass is 224 g/mol. The molecule has 0 saturated carbocycles. The van der Waals surface area contributed by atoms with Gasteiger partial charge in [-0.2, -0.15) is 0 Å². The minimum atomic E-state index is -0.0728. The van der Waals surface area contributed by atoms with Gasteiger partial charge in [-0.25, -0.2) is 0 Å². The summed E-state index contributed by atoms with van der Waals surface area (Å²) < 4.78 is 4.66. The van der Waals surface area contributed by atoms with Gasteiger partial charge in [-0.1, -0.05) is 5.16 Å². The van der Waals surface area contributed by atoms with E-state index in [1.54, 1.807) is 11.0 Å². The molecule has 0 radical (unpaired) electrons. The van der Waals surface area contributed by atoms with Crippen molar-refractivity contribution in [1.82, 2.24) is 10.1 Å². The summed E-state index contributed by atoms with van der Waals surface area (Å²) in [5, 5.41) is 12.5. The van der Waals surface area contributed by atoms with Gasteiger partial charge in [0.1, 0.15) is 6.26 Å². The standard InChI is InChI=1S/C11H16N2O3/c14-6-3-9-2-1-5-13(8-9)11(15)10-4-7-16-12-10/h4,7,9,14H,1-3,5-6,8H2. The Morgan fingerprint density at radius 3 is 3.25 bits per heavy atom. The lowest BCUT2D eigenvalue weighted by molar-refractivity contribution is 0.0643. The van der Waals surface area contributed by atoms with E-state index in [4.69, 9.17) is 5.11 Å². The number of aliphatic hydroxyl groups is 1.